The van der Waals surface area contributed by atoms with E-state index in [4.69, 9.17) is 0 Å². The van der Waals surface area contributed by atoms with E-state index in [1.807, 2.05) is 12.1 Å². The van der Waals surface area contributed by atoms with Gasteiger partial charge in [-0.05, 0) is 75.7 Å². The summed E-state index contributed by atoms with van der Waals surface area (Å²) in [6.07, 6.45) is -2.12. The zero-order valence-electron chi connectivity index (χ0n) is 15.2. The van der Waals surface area contributed by atoms with Gasteiger partial charge in [0.25, 0.3) is 0 Å². The SMILES string of the molecule is Cc1cc(C(F)(F)F)cc(C)c1-c1ccc(N[C@@H]2CCCN(C)C2)nn1. The van der Waals surface area contributed by atoms with Crippen LogP contribution in [-0.4, -0.2) is 41.3 Å². The highest BCUT2D eigenvalue weighted by Crippen LogP contribution is 2.35. The second-order valence-corrected chi connectivity index (χ2v) is 7.03. The maximum atomic E-state index is 12.9. The van der Waals surface area contributed by atoms with E-state index in [0.29, 0.717) is 34.2 Å². The minimum absolute atomic E-state index is 0.337. The largest absolute Gasteiger partial charge is 0.416 e. The average molecular weight is 364 g/mol. The molecule has 1 aliphatic heterocycles. The molecule has 0 unspecified atom stereocenters. The van der Waals surface area contributed by atoms with Crippen molar-refractivity contribution in [2.24, 2.45) is 0 Å². The van der Waals surface area contributed by atoms with Gasteiger partial charge in [-0.15, -0.1) is 10.2 Å². The van der Waals surface area contributed by atoms with Crippen LogP contribution in [0.1, 0.15) is 29.5 Å². The number of aryl methyl sites for hydroxylation is 2. The number of nitrogens with one attached hydrogen (secondary N) is 1. The molecule has 26 heavy (non-hydrogen) atoms. The van der Waals surface area contributed by atoms with Crippen LogP contribution < -0.4 is 5.32 Å². The molecule has 7 heteroatoms. The first-order valence-electron chi connectivity index (χ1n) is 8.71. The maximum Gasteiger partial charge on any atom is 0.416 e. The number of alkyl halides is 3. The van der Waals surface area contributed by atoms with E-state index in [1.165, 1.54) is 0 Å². The monoisotopic (exact) mass is 364 g/mol. The van der Waals surface area contributed by atoms with Crippen LogP contribution in [0.4, 0.5) is 19.0 Å². The molecule has 140 valence electrons. The molecule has 0 amide bonds. The van der Waals surface area contributed by atoms with Crippen LogP contribution >= 0.6 is 0 Å². The van der Waals surface area contributed by atoms with Crippen LogP contribution in [0.15, 0.2) is 24.3 Å². The first-order valence-corrected chi connectivity index (χ1v) is 8.71. The van der Waals surface area contributed by atoms with Crippen molar-refractivity contribution >= 4 is 5.82 Å². The molecule has 1 atom stereocenters. The minimum atomic E-state index is -4.35. The Morgan fingerprint density at radius 3 is 2.35 bits per heavy atom. The Balaban J connectivity index is 1.80. The summed E-state index contributed by atoms with van der Waals surface area (Å²) >= 11 is 0. The first-order chi connectivity index (χ1) is 12.2. The van der Waals surface area contributed by atoms with Gasteiger partial charge in [-0.2, -0.15) is 13.2 Å². The van der Waals surface area contributed by atoms with E-state index in [0.717, 1.165) is 38.1 Å². The van der Waals surface area contributed by atoms with Gasteiger partial charge in [-0.1, -0.05) is 0 Å². The number of aromatic nitrogens is 2. The van der Waals surface area contributed by atoms with Crippen molar-refractivity contribution in [1.29, 1.82) is 0 Å². The molecule has 0 spiro atoms. The third kappa shape index (κ3) is 4.15. The smallest absolute Gasteiger partial charge is 0.365 e. The Morgan fingerprint density at radius 2 is 1.81 bits per heavy atom. The van der Waals surface area contributed by atoms with Crippen molar-refractivity contribution in [3.8, 4) is 11.3 Å². The summed E-state index contributed by atoms with van der Waals surface area (Å²) in [6, 6.07) is 6.31. The second-order valence-electron chi connectivity index (χ2n) is 7.03. The van der Waals surface area contributed by atoms with Crippen LogP contribution in [0.25, 0.3) is 11.3 Å². The number of rotatable bonds is 3. The zero-order valence-corrected chi connectivity index (χ0v) is 15.2. The Kier molecular flexibility index (Phi) is 5.18. The highest BCUT2D eigenvalue weighted by atomic mass is 19.4. The van der Waals surface area contributed by atoms with Gasteiger partial charge in [0.1, 0.15) is 5.82 Å². The molecule has 4 nitrogen and oxygen atoms in total. The number of likely N-dealkylation sites (tertiary alicyclic amines) is 1. The van der Waals surface area contributed by atoms with Gasteiger partial charge >= 0.3 is 6.18 Å². The highest BCUT2D eigenvalue weighted by molar-refractivity contribution is 5.68. The van der Waals surface area contributed by atoms with Gasteiger partial charge in [-0.3, -0.25) is 0 Å². The van der Waals surface area contributed by atoms with E-state index in [1.54, 1.807) is 13.8 Å². The summed E-state index contributed by atoms with van der Waals surface area (Å²) in [7, 11) is 2.10. The highest BCUT2D eigenvalue weighted by Gasteiger charge is 2.31. The summed E-state index contributed by atoms with van der Waals surface area (Å²) in [5.41, 5.74) is 1.74. The lowest BCUT2D eigenvalue weighted by molar-refractivity contribution is -0.137. The number of hydrogen-bond donors (Lipinski definition) is 1. The van der Waals surface area contributed by atoms with Crippen molar-refractivity contribution in [2.75, 3.05) is 25.5 Å². The lowest BCUT2D eigenvalue weighted by atomic mass is 9.96. The molecule has 3 rings (SSSR count). The first kappa shape index (κ1) is 18.6. The van der Waals surface area contributed by atoms with Crippen molar-refractivity contribution < 1.29 is 13.2 Å². The molecule has 2 aromatic rings. The number of benzene rings is 1. The Hall–Kier alpha value is -2.15. The zero-order chi connectivity index (χ0) is 18.9. The van der Waals surface area contributed by atoms with Crippen molar-refractivity contribution in [2.45, 2.75) is 38.9 Å². The van der Waals surface area contributed by atoms with Crippen LogP contribution in [0.5, 0.6) is 0 Å². The maximum absolute atomic E-state index is 12.9. The third-order valence-electron chi connectivity index (χ3n) is 4.76. The van der Waals surface area contributed by atoms with E-state index in [9.17, 15) is 13.2 Å². The lowest BCUT2D eigenvalue weighted by Crippen LogP contribution is -2.39. The van der Waals surface area contributed by atoms with Crippen LogP contribution in [-0.2, 0) is 6.18 Å². The molecule has 1 aromatic carbocycles. The molecule has 1 N–H and O–H groups in total. The molecular formula is C19H23F3N4. The fourth-order valence-electron chi connectivity index (χ4n) is 3.57. The van der Waals surface area contributed by atoms with Gasteiger partial charge in [0.05, 0.1) is 11.3 Å². The normalized spacial score (nSPS) is 18.8. The standard InChI is InChI=1S/C19H23F3N4/c1-12-9-14(19(20,21)22)10-13(2)18(12)16-6-7-17(25-24-16)23-15-5-4-8-26(3)11-15/h6-7,9-10,15H,4-5,8,11H2,1-3H3,(H,23,25)/t15-/m1/s1. The fraction of sp³-hybridized carbons (Fsp3) is 0.474. The number of anilines is 1. The minimum Gasteiger partial charge on any atom is -0.365 e. The van der Waals surface area contributed by atoms with E-state index >= 15 is 0 Å². The molecule has 0 bridgehead atoms. The lowest BCUT2D eigenvalue weighted by Gasteiger charge is -2.30. The van der Waals surface area contributed by atoms with Gasteiger partial charge in [0.2, 0.25) is 0 Å². The Labute approximate surface area is 151 Å². The van der Waals surface area contributed by atoms with E-state index < -0.39 is 11.7 Å². The van der Waals surface area contributed by atoms with Gasteiger partial charge in [-0.25, -0.2) is 0 Å². The third-order valence-corrected chi connectivity index (χ3v) is 4.76. The number of piperidine rings is 1. The molecular weight excluding hydrogens is 341 g/mol. The van der Waals surface area contributed by atoms with Crippen molar-refractivity contribution in [1.82, 2.24) is 15.1 Å². The second kappa shape index (κ2) is 7.23. The van der Waals surface area contributed by atoms with Crippen LogP contribution in [0.3, 0.4) is 0 Å². The summed E-state index contributed by atoms with van der Waals surface area (Å²) in [4.78, 5) is 2.28. The molecule has 1 aliphatic rings. The molecule has 0 aliphatic carbocycles. The number of halogens is 3. The van der Waals surface area contributed by atoms with Gasteiger partial charge in [0.15, 0.2) is 0 Å². The average Bonchev–Trinajstić information content (AvgIpc) is 2.55. The number of likely N-dealkylation sites (N-methyl/N-ethyl adjacent to an activating group) is 1. The molecule has 1 saturated heterocycles. The molecule has 0 radical (unpaired) electrons. The molecule has 1 fully saturated rings. The molecule has 2 heterocycles. The predicted octanol–water partition coefficient (Wildman–Crippen LogP) is 4.29. The number of hydrogen-bond acceptors (Lipinski definition) is 4. The summed E-state index contributed by atoms with van der Waals surface area (Å²) in [6.45, 7) is 5.41. The predicted molar refractivity (Wildman–Crippen MR) is 96.1 cm³/mol. The topological polar surface area (TPSA) is 41.0 Å². The number of nitrogens with zero attached hydrogens (tertiary/aromatic N) is 3. The van der Waals surface area contributed by atoms with E-state index in [2.05, 4.69) is 27.5 Å². The summed E-state index contributed by atoms with van der Waals surface area (Å²) < 4.78 is 38.8. The van der Waals surface area contributed by atoms with Crippen LogP contribution in [0, 0.1) is 13.8 Å². The van der Waals surface area contributed by atoms with E-state index in [-0.39, 0.29) is 0 Å². The summed E-state index contributed by atoms with van der Waals surface area (Å²) in [5, 5.41) is 11.8. The van der Waals surface area contributed by atoms with Gasteiger partial charge in [0, 0.05) is 18.2 Å². The quantitative estimate of drug-likeness (QED) is 0.882. The molecule has 0 saturated carbocycles. The molecule has 1 aromatic heterocycles. The summed E-state index contributed by atoms with van der Waals surface area (Å²) in [5.74, 6) is 0.691. The van der Waals surface area contributed by atoms with Crippen LogP contribution in [0.2, 0.25) is 0 Å². The van der Waals surface area contributed by atoms with Gasteiger partial charge < -0.3 is 10.2 Å². The van der Waals surface area contributed by atoms with Crippen molar-refractivity contribution in [3.05, 3.63) is 41.0 Å². The fourth-order valence-corrected chi connectivity index (χ4v) is 3.57. The van der Waals surface area contributed by atoms with Crippen molar-refractivity contribution in [3.63, 3.8) is 0 Å². The Bertz CT molecular complexity index is 748. The Morgan fingerprint density at radius 1 is 1.12 bits per heavy atom.